The highest BCUT2D eigenvalue weighted by atomic mass is 15.4. The van der Waals surface area contributed by atoms with Gasteiger partial charge in [-0.25, -0.2) is 4.68 Å². The van der Waals surface area contributed by atoms with Gasteiger partial charge in [0.15, 0.2) is 0 Å². The van der Waals surface area contributed by atoms with Gasteiger partial charge in [-0.1, -0.05) is 12.1 Å². The molecule has 1 heterocycles. The predicted molar refractivity (Wildman–Crippen MR) is 71.7 cm³/mol. The standard InChI is InChI=1S/C14H23N5/c1-2-5-19-10(7-16-18-19)14(17-15)13-11-8-3-4-9(6-8)12(11)13/h7-9,11-14,17H,2-6,15H2,1H3. The number of nitrogens with zero attached hydrogens (tertiary/aromatic N) is 3. The van der Waals surface area contributed by atoms with Crippen LogP contribution in [0.4, 0.5) is 0 Å². The molecule has 1 aromatic rings. The fourth-order valence-corrected chi connectivity index (χ4v) is 5.12. The van der Waals surface area contributed by atoms with Crippen LogP contribution >= 0.6 is 0 Å². The van der Waals surface area contributed by atoms with Crippen molar-refractivity contribution >= 4 is 0 Å². The molecule has 0 radical (unpaired) electrons. The topological polar surface area (TPSA) is 68.8 Å². The molecular weight excluding hydrogens is 238 g/mol. The Morgan fingerprint density at radius 2 is 2.16 bits per heavy atom. The lowest BCUT2D eigenvalue weighted by atomic mass is 9.96. The minimum absolute atomic E-state index is 0.250. The van der Waals surface area contributed by atoms with E-state index in [0.717, 1.165) is 42.6 Å². The Morgan fingerprint density at radius 3 is 2.79 bits per heavy atom. The molecule has 5 atom stereocenters. The lowest BCUT2D eigenvalue weighted by Crippen LogP contribution is -2.33. The number of aryl methyl sites for hydroxylation is 1. The molecule has 3 aliphatic carbocycles. The van der Waals surface area contributed by atoms with Gasteiger partial charge in [0.2, 0.25) is 0 Å². The second-order valence-electron chi connectivity index (χ2n) is 6.59. The molecule has 0 saturated heterocycles. The molecule has 0 aromatic carbocycles. The van der Waals surface area contributed by atoms with Crippen LogP contribution in [0.1, 0.15) is 44.3 Å². The SMILES string of the molecule is CCCn1nncc1C(NN)C1C2C3CCC(C3)C21. The van der Waals surface area contributed by atoms with E-state index in [0.29, 0.717) is 0 Å². The Morgan fingerprint density at radius 1 is 1.42 bits per heavy atom. The van der Waals surface area contributed by atoms with Crippen molar-refractivity contribution in [2.24, 2.45) is 35.4 Å². The molecule has 4 rings (SSSR count). The van der Waals surface area contributed by atoms with Gasteiger partial charge in [-0.2, -0.15) is 0 Å². The lowest BCUT2D eigenvalue weighted by molar-refractivity contribution is 0.355. The van der Waals surface area contributed by atoms with Crippen LogP contribution < -0.4 is 11.3 Å². The number of nitrogens with two attached hydrogens (primary N) is 1. The van der Waals surface area contributed by atoms with E-state index >= 15 is 0 Å². The number of aromatic nitrogens is 3. The van der Waals surface area contributed by atoms with Crippen LogP contribution in [-0.4, -0.2) is 15.0 Å². The molecule has 19 heavy (non-hydrogen) atoms. The van der Waals surface area contributed by atoms with E-state index in [1.54, 1.807) is 0 Å². The summed E-state index contributed by atoms with van der Waals surface area (Å²) in [6.07, 6.45) is 7.36. The van der Waals surface area contributed by atoms with Gasteiger partial charge in [0.25, 0.3) is 0 Å². The van der Waals surface area contributed by atoms with Gasteiger partial charge in [0, 0.05) is 6.54 Å². The van der Waals surface area contributed by atoms with Crippen LogP contribution in [0.5, 0.6) is 0 Å². The highest BCUT2D eigenvalue weighted by Gasteiger charge is 2.67. The maximum atomic E-state index is 5.87. The van der Waals surface area contributed by atoms with Crippen molar-refractivity contribution < 1.29 is 0 Å². The minimum atomic E-state index is 0.250. The summed E-state index contributed by atoms with van der Waals surface area (Å²) in [7, 11) is 0. The first-order chi connectivity index (χ1) is 9.35. The van der Waals surface area contributed by atoms with Gasteiger partial charge < -0.3 is 0 Å². The molecule has 0 aliphatic heterocycles. The molecule has 3 aliphatic rings. The Hall–Kier alpha value is -0.940. The summed E-state index contributed by atoms with van der Waals surface area (Å²) in [6.45, 7) is 3.10. The van der Waals surface area contributed by atoms with Gasteiger partial charge >= 0.3 is 0 Å². The van der Waals surface area contributed by atoms with E-state index in [2.05, 4.69) is 22.7 Å². The maximum absolute atomic E-state index is 5.87. The van der Waals surface area contributed by atoms with Gasteiger partial charge in [-0.3, -0.25) is 11.3 Å². The fraction of sp³-hybridized carbons (Fsp3) is 0.857. The summed E-state index contributed by atoms with van der Waals surface area (Å²) in [5, 5.41) is 8.29. The zero-order chi connectivity index (χ0) is 13.0. The number of nitrogens with one attached hydrogen (secondary N) is 1. The predicted octanol–water partition coefficient (Wildman–Crippen LogP) is 1.48. The average Bonchev–Trinajstić information content (AvgIpc) is 2.81. The number of hydrogen-bond donors (Lipinski definition) is 2. The van der Waals surface area contributed by atoms with Gasteiger partial charge in [0.1, 0.15) is 0 Å². The summed E-state index contributed by atoms with van der Waals surface area (Å²) in [4.78, 5) is 0. The van der Waals surface area contributed by atoms with Gasteiger partial charge in [0.05, 0.1) is 17.9 Å². The van der Waals surface area contributed by atoms with Crippen LogP contribution in [0, 0.1) is 29.6 Å². The van der Waals surface area contributed by atoms with E-state index in [1.807, 2.05) is 10.9 Å². The number of hydrogen-bond acceptors (Lipinski definition) is 4. The Balaban J connectivity index is 1.57. The van der Waals surface area contributed by atoms with E-state index in [9.17, 15) is 0 Å². The van der Waals surface area contributed by atoms with Crippen molar-refractivity contribution in [2.45, 2.75) is 45.2 Å². The molecule has 0 amide bonds. The molecule has 3 N–H and O–H groups in total. The number of fused-ring (bicyclic) bond motifs is 5. The summed E-state index contributed by atoms with van der Waals surface area (Å²) in [5.41, 5.74) is 4.25. The monoisotopic (exact) mass is 261 g/mol. The van der Waals surface area contributed by atoms with E-state index in [4.69, 9.17) is 5.84 Å². The fourth-order valence-electron chi connectivity index (χ4n) is 5.12. The van der Waals surface area contributed by atoms with Crippen LogP contribution in [0.3, 0.4) is 0 Å². The molecule has 5 nitrogen and oxygen atoms in total. The number of rotatable bonds is 5. The third-order valence-electron chi connectivity index (χ3n) is 5.76. The summed E-state index contributed by atoms with van der Waals surface area (Å²) >= 11 is 0. The van der Waals surface area contributed by atoms with Crippen molar-refractivity contribution in [3.63, 3.8) is 0 Å². The van der Waals surface area contributed by atoms with Gasteiger partial charge in [-0.15, -0.1) is 5.10 Å². The highest BCUT2D eigenvalue weighted by molar-refractivity contribution is 5.20. The molecule has 5 heteroatoms. The zero-order valence-electron chi connectivity index (χ0n) is 11.5. The molecule has 1 aromatic heterocycles. The highest BCUT2D eigenvalue weighted by Crippen LogP contribution is 2.72. The Bertz CT molecular complexity index is 454. The smallest absolute Gasteiger partial charge is 0.0773 e. The van der Waals surface area contributed by atoms with Crippen LogP contribution in [-0.2, 0) is 6.54 Å². The first-order valence-corrected chi connectivity index (χ1v) is 7.69. The second-order valence-corrected chi connectivity index (χ2v) is 6.59. The van der Waals surface area contributed by atoms with E-state index in [1.165, 1.54) is 25.0 Å². The van der Waals surface area contributed by atoms with Crippen LogP contribution in [0.15, 0.2) is 6.20 Å². The average molecular weight is 261 g/mol. The van der Waals surface area contributed by atoms with Crippen molar-refractivity contribution in [1.29, 1.82) is 0 Å². The quantitative estimate of drug-likeness (QED) is 0.622. The minimum Gasteiger partial charge on any atom is -0.271 e. The zero-order valence-corrected chi connectivity index (χ0v) is 11.5. The third kappa shape index (κ3) is 1.61. The van der Waals surface area contributed by atoms with Crippen molar-refractivity contribution in [2.75, 3.05) is 0 Å². The number of hydrazine groups is 1. The molecule has 3 fully saturated rings. The summed E-state index contributed by atoms with van der Waals surface area (Å²) in [5.74, 6) is 10.4. The normalized spacial score (nSPS) is 40.4. The third-order valence-corrected chi connectivity index (χ3v) is 5.76. The van der Waals surface area contributed by atoms with Crippen molar-refractivity contribution in [1.82, 2.24) is 20.4 Å². The molecule has 2 bridgehead atoms. The van der Waals surface area contributed by atoms with E-state index in [-0.39, 0.29) is 6.04 Å². The van der Waals surface area contributed by atoms with Crippen molar-refractivity contribution in [3.05, 3.63) is 11.9 Å². The van der Waals surface area contributed by atoms with Crippen molar-refractivity contribution in [3.8, 4) is 0 Å². The van der Waals surface area contributed by atoms with Crippen LogP contribution in [0.2, 0.25) is 0 Å². The second kappa shape index (κ2) is 4.28. The first kappa shape index (κ1) is 11.9. The molecular formula is C14H23N5. The van der Waals surface area contributed by atoms with Crippen LogP contribution in [0.25, 0.3) is 0 Å². The molecule has 5 unspecified atom stereocenters. The maximum Gasteiger partial charge on any atom is 0.0773 e. The van der Waals surface area contributed by atoms with Gasteiger partial charge in [-0.05, 0) is 55.3 Å². The Labute approximate surface area is 113 Å². The molecule has 3 saturated carbocycles. The first-order valence-electron chi connectivity index (χ1n) is 7.69. The summed E-state index contributed by atoms with van der Waals surface area (Å²) in [6, 6.07) is 0.250. The molecule has 104 valence electrons. The Kier molecular flexibility index (Phi) is 2.67. The lowest BCUT2D eigenvalue weighted by Gasteiger charge is -2.20. The molecule has 0 spiro atoms. The van der Waals surface area contributed by atoms with E-state index < -0.39 is 0 Å². The summed E-state index contributed by atoms with van der Waals surface area (Å²) < 4.78 is 2.03. The largest absolute Gasteiger partial charge is 0.271 e.